The van der Waals surface area contributed by atoms with Gasteiger partial charge in [0.05, 0.1) is 6.10 Å². The fourth-order valence-corrected chi connectivity index (χ4v) is 5.16. The number of aliphatic hydroxyl groups excluding tert-OH is 1. The molecule has 27 heavy (non-hydrogen) atoms. The number of piperidine rings is 1. The van der Waals surface area contributed by atoms with Crippen LogP contribution in [0.5, 0.6) is 0 Å². The maximum absolute atomic E-state index is 10.6. The molecule has 1 aliphatic heterocycles. The summed E-state index contributed by atoms with van der Waals surface area (Å²) in [7, 11) is 0. The Balaban J connectivity index is 0.00000210. The van der Waals surface area contributed by atoms with Gasteiger partial charge in [0, 0.05) is 11.0 Å². The van der Waals surface area contributed by atoms with E-state index in [0.29, 0.717) is 11.8 Å². The van der Waals surface area contributed by atoms with Crippen LogP contribution in [-0.2, 0) is 6.42 Å². The molecule has 0 radical (unpaired) electrons. The summed E-state index contributed by atoms with van der Waals surface area (Å²) in [6.07, 6.45) is 5.39. The van der Waals surface area contributed by atoms with Crippen LogP contribution < -0.4 is 0 Å². The normalized spacial score (nSPS) is 23.9. The highest BCUT2D eigenvalue weighted by molar-refractivity contribution is 9.10. The van der Waals surface area contributed by atoms with E-state index in [1.54, 1.807) is 0 Å². The minimum Gasteiger partial charge on any atom is -0.388 e. The van der Waals surface area contributed by atoms with Crippen LogP contribution >= 0.6 is 28.3 Å². The lowest BCUT2D eigenvalue weighted by Crippen LogP contribution is -2.36. The summed E-state index contributed by atoms with van der Waals surface area (Å²) in [5, 5.41) is 10.6. The molecule has 1 fully saturated rings. The van der Waals surface area contributed by atoms with Crippen LogP contribution in [0.15, 0.2) is 53.0 Å². The third-order valence-electron chi connectivity index (χ3n) is 6.22. The number of hydrogen-bond acceptors (Lipinski definition) is 2. The number of fused-ring (bicyclic) bond motifs is 1. The van der Waals surface area contributed by atoms with E-state index in [1.807, 2.05) is 0 Å². The number of rotatable bonds is 3. The molecule has 1 saturated heterocycles. The van der Waals surface area contributed by atoms with Crippen molar-refractivity contribution in [1.29, 1.82) is 0 Å². The first-order valence-corrected chi connectivity index (χ1v) is 10.7. The fourth-order valence-electron chi connectivity index (χ4n) is 4.75. The average Bonchev–Trinajstić information content (AvgIpc) is 2.82. The predicted molar refractivity (Wildman–Crippen MR) is 118 cm³/mol. The van der Waals surface area contributed by atoms with Crippen LogP contribution in [0, 0.1) is 5.92 Å². The topological polar surface area (TPSA) is 23.5 Å². The first kappa shape index (κ1) is 20.9. The molecule has 0 amide bonds. The molecule has 1 N–H and O–H groups in total. The van der Waals surface area contributed by atoms with Crippen LogP contribution in [0.3, 0.4) is 0 Å². The smallest absolute Gasteiger partial charge is 0.0795 e. The lowest BCUT2D eigenvalue weighted by molar-refractivity contribution is 0.117. The zero-order chi connectivity index (χ0) is 17.9. The summed E-state index contributed by atoms with van der Waals surface area (Å²) in [5.41, 5.74) is 3.97. The first-order chi connectivity index (χ1) is 12.7. The molecular formula is C23H29BrClNO. The number of nitrogens with zero attached hydrogens (tertiary/aromatic N) is 1. The van der Waals surface area contributed by atoms with Gasteiger partial charge in [-0.2, -0.15) is 0 Å². The SMILES string of the molecule is Cl.O[C@@H]1C[C@H](CN2CCC(c3cccc(Br)c3)CC2)CCc2ccccc21. The van der Waals surface area contributed by atoms with Crippen LogP contribution in [0.2, 0.25) is 0 Å². The highest BCUT2D eigenvalue weighted by Crippen LogP contribution is 2.34. The van der Waals surface area contributed by atoms with E-state index >= 15 is 0 Å². The molecule has 0 aromatic heterocycles. The van der Waals surface area contributed by atoms with E-state index in [1.165, 1.54) is 48.0 Å². The molecule has 2 nitrogen and oxygen atoms in total. The Hall–Kier alpha value is -0.870. The van der Waals surface area contributed by atoms with Crippen molar-refractivity contribution in [2.75, 3.05) is 19.6 Å². The van der Waals surface area contributed by atoms with Crippen molar-refractivity contribution < 1.29 is 5.11 Å². The zero-order valence-corrected chi connectivity index (χ0v) is 18.1. The number of halogens is 2. The van der Waals surface area contributed by atoms with Gasteiger partial charge in [0.25, 0.3) is 0 Å². The summed E-state index contributed by atoms with van der Waals surface area (Å²) in [6.45, 7) is 3.49. The third kappa shape index (κ3) is 5.14. The number of likely N-dealkylation sites (tertiary alicyclic amines) is 1. The van der Waals surface area contributed by atoms with Crippen LogP contribution in [0.25, 0.3) is 0 Å². The van der Waals surface area contributed by atoms with Gasteiger partial charge >= 0.3 is 0 Å². The van der Waals surface area contributed by atoms with E-state index in [0.717, 1.165) is 24.9 Å². The van der Waals surface area contributed by atoms with Crippen LogP contribution in [0.1, 0.15) is 54.4 Å². The number of aliphatic hydroxyl groups is 1. The molecule has 2 aromatic carbocycles. The van der Waals surface area contributed by atoms with Gasteiger partial charge in [0.2, 0.25) is 0 Å². The second-order valence-corrected chi connectivity index (χ2v) is 8.90. The van der Waals surface area contributed by atoms with E-state index in [4.69, 9.17) is 0 Å². The van der Waals surface area contributed by atoms with Crippen molar-refractivity contribution in [2.24, 2.45) is 5.92 Å². The summed E-state index contributed by atoms with van der Waals surface area (Å²) in [5.74, 6) is 1.28. The van der Waals surface area contributed by atoms with Gasteiger partial charge in [-0.1, -0.05) is 52.3 Å². The van der Waals surface area contributed by atoms with Crippen molar-refractivity contribution in [3.05, 3.63) is 69.7 Å². The Bertz CT molecular complexity index is 745. The Kier molecular flexibility index (Phi) is 7.38. The molecule has 4 heteroatoms. The first-order valence-electron chi connectivity index (χ1n) is 9.92. The van der Waals surface area contributed by atoms with E-state index in [2.05, 4.69) is 69.4 Å². The van der Waals surface area contributed by atoms with Gasteiger partial charge < -0.3 is 10.0 Å². The molecule has 1 aliphatic carbocycles. The molecule has 0 spiro atoms. The highest BCUT2D eigenvalue weighted by atomic mass is 79.9. The van der Waals surface area contributed by atoms with Gasteiger partial charge in [-0.15, -0.1) is 12.4 Å². The average molecular weight is 451 g/mol. The van der Waals surface area contributed by atoms with E-state index in [-0.39, 0.29) is 18.5 Å². The fraction of sp³-hybridized carbons (Fsp3) is 0.478. The monoisotopic (exact) mass is 449 g/mol. The Morgan fingerprint density at radius 2 is 1.78 bits per heavy atom. The van der Waals surface area contributed by atoms with Crippen molar-refractivity contribution in [3.63, 3.8) is 0 Å². The van der Waals surface area contributed by atoms with Gasteiger partial charge in [0.15, 0.2) is 0 Å². The zero-order valence-electron chi connectivity index (χ0n) is 15.7. The standard InChI is InChI=1S/C23H28BrNO.ClH/c24-21-6-3-5-20(15-21)18-10-12-25(13-11-18)16-17-8-9-19-4-1-2-7-22(19)23(26)14-17;/h1-7,15,17-18,23,26H,8-14,16H2;1H/t17-,23-;/m1./s1. The van der Waals surface area contributed by atoms with Gasteiger partial charge in [0.1, 0.15) is 0 Å². The Morgan fingerprint density at radius 3 is 2.56 bits per heavy atom. The summed E-state index contributed by atoms with van der Waals surface area (Å²) >= 11 is 3.60. The molecule has 146 valence electrons. The molecule has 1 heterocycles. The van der Waals surface area contributed by atoms with Gasteiger partial charge in [-0.05, 0) is 85.9 Å². The van der Waals surface area contributed by atoms with Crippen molar-refractivity contribution in [2.45, 2.75) is 44.1 Å². The Labute approximate surface area is 177 Å². The maximum atomic E-state index is 10.6. The molecule has 0 unspecified atom stereocenters. The maximum Gasteiger partial charge on any atom is 0.0795 e. The Morgan fingerprint density at radius 1 is 1.00 bits per heavy atom. The molecule has 2 atom stereocenters. The summed E-state index contributed by atoms with van der Waals surface area (Å²) in [4.78, 5) is 2.63. The molecular weight excluding hydrogens is 422 g/mol. The molecule has 2 aliphatic rings. The molecule has 0 saturated carbocycles. The van der Waals surface area contributed by atoms with Crippen molar-refractivity contribution in [3.8, 4) is 0 Å². The third-order valence-corrected chi connectivity index (χ3v) is 6.71. The second-order valence-electron chi connectivity index (χ2n) is 7.98. The number of aryl methyl sites for hydroxylation is 1. The van der Waals surface area contributed by atoms with E-state index < -0.39 is 0 Å². The minimum atomic E-state index is -0.294. The predicted octanol–water partition coefficient (Wildman–Crippen LogP) is 5.74. The van der Waals surface area contributed by atoms with Crippen LogP contribution in [-0.4, -0.2) is 29.6 Å². The molecule has 2 aromatic rings. The highest BCUT2D eigenvalue weighted by Gasteiger charge is 2.27. The van der Waals surface area contributed by atoms with Gasteiger partial charge in [-0.3, -0.25) is 0 Å². The molecule has 4 rings (SSSR count). The second kappa shape index (κ2) is 9.56. The lowest BCUT2D eigenvalue weighted by atomic mass is 9.88. The quantitative estimate of drug-likeness (QED) is 0.603. The summed E-state index contributed by atoms with van der Waals surface area (Å²) < 4.78 is 1.18. The van der Waals surface area contributed by atoms with Crippen molar-refractivity contribution >= 4 is 28.3 Å². The lowest BCUT2D eigenvalue weighted by Gasteiger charge is -2.34. The minimum absolute atomic E-state index is 0. The van der Waals surface area contributed by atoms with E-state index in [9.17, 15) is 5.11 Å². The van der Waals surface area contributed by atoms with Gasteiger partial charge in [-0.25, -0.2) is 0 Å². The largest absolute Gasteiger partial charge is 0.388 e. The van der Waals surface area contributed by atoms with Crippen LogP contribution in [0.4, 0.5) is 0 Å². The number of hydrogen-bond donors (Lipinski definition) is 1. The number of benzene rings is 2. The summed E-state index contributed by atoms with van der Waals surface area (Å²) in [6, 6.07) is 17.2. The molecule has 0 bridgehead atoms. The van der Waals surface area contributed by atoms with Crippen molar-refractivity contribution in [1.82, 2.24) is 4.90 Å².